The lowest BCUT2D eigenvalue weighted by molar-refractivity contribution is 0.0943. The number of nitrogens with one attached hydrogen (secondary N) is 2. The van der Waals surface area contributed by atoms with Gasteiger partial charge >= 0.3 is 0 Å². The Hall–Kier alpha value is -5.06. The standard InChI is InChI=1S/C36H38N8O2/c1-19-11-13-21(3)31-29(19)41-27-9-5-7-23(33(27)43-31)35(45)39-17-15-25(37)26(38)16-18-40-36(46)24-8-6-10-28-34(24)44-32-22(4)14-12-20(2)30(32)42-28/h5-14,25-26H,15-18,37-38H2,1-4H3,(H,39,45)(H,40,46). The maximum Gasteiger partial charge on any atom is 0.253 e. The zero-order chi connectivity index (χ0) is 32.5. The lowest BCUT2D eigenvalue weighted by Crippen LogP contribution is -2.45. The smallest absolute Gasteiger partial charge is 0.253 e. The highest BCUT2D eigenvalue weighted by molar-refractivity contribution is 6.07. The number of fused-ring (bicyclic) bond motifs is 4. The summed E-state index contributed by atoms with van der Waals surface area (Å²) in [5.74, 6) is -0.483. The van der Waals surface area contributed by atoms with Gasteiger partial charge in [0.1, 0.15) is 11.0 Å². The monoisotopic (exact) mass is 614 g/mol. The molecular formula is C36H38N8O2. The van der Waals surface area contributed by atoms with Gasteiger partial charge in [-0.1, -0.05) is 36.4 Å². The Kier molecular flexibility index (Phi) is 8.57. The normalized spacial score (nSPS) is 12.9. The fraction of sp³-hybridized carbons (Fsp3) is 0.278. The molecule has 4 aromatic carbocycles. The minimum atomic E-state index is -0.375. The third-order valence-corrected chi connectivity index (χ3v) is 8.62. The molecule has 0 bridgehead atoms. The summed E-state index contributed by atoms with van der Waals surface area (Å²) < 4.78 is 0. The highest BCUT2D eigenvalue weighted by Crippen LogP contribution is 2.25. The Labute approximate surface area is 267 Å². The molecule has 2 aromatic heterocycles. The number of aromatic nitrogens is 4. The summed E-state index contributed by atoms with van der Waals surface area (Å²) >= 11 is 0. The van der Waals surface area contributed by atoms with Crippen LogP contribution in [0.1, 0.15) is 55.8 Å². The Morgan fingerprint density at radius 2 is 0.891 bits per heavy atom. The van der Waals surface area contributed by atoms with Gasteiger partial charge in [0.05, 0.1) is 44.2 Å². The molecular weight excluding hydrogens is 576 g/mol. The highest BCUT2D eigenvalue weighted by atomic mass is 16.2. The van der Waals surface area contributed by atoms with E-state index in [4.69, 9.17) is 31.4 Å². The van der Waals surface area contributed by atoms with Gasteiger partial charge in [0, 0.05) is 25.2 Å². The zero-order valence-corrected chi connectivity index (χ0v) is 26.5. The lowest BCUT2D eigenvalue weighted by Gasteiger charge is -2.20. The molecule has 0 saturated heterocycles. The number of rotatable bonds is 9. The van der Waals surface area contributed by atoms with Gasteiger partial charge in [-0.05, 0) is 87.1 Å². The molecule has 0 aliphatic carbocycles. The summed E-state index contributed by atoms with van der Waals surface area (Å²) in [5, 5.41) is 5.92. The predicted octanol–water partition coefficient (Wildman–Crippen LogP) is 4.71. The number of benzene rings is 4. The average Bonchev–Trinajstić information content (AvgIpc) is 3.06. The van der Waals surface area contributed by atoms with Crippen LogP contribution in [0.25, 0.3) is 44.1 Å². The molecule has 10 nitrogen and oxygen atoms in total. The van der Waals surface area contributed by atoms with Crippen LogP contribution < -0.4 is 22.1 Å². The fourth-order valence-corrected chi connectivity index (χ4v) is 5.76. The van der Waals surface area contributed by atoms with Crippen molar-refractivity contribution in [2.24, 2.45) is 11.5 Å². The largest absolute Gasteiger partial charge is 0.352 e. The minimum absolute atomic E-state index is 0.242. The van der Waals surface area contributed by atoms with Crippen LogP contribution in [-0.2, 0) is 0 Å². The van der Waals surface area contributed by atoms with E-state index in [9.17, 15) is 9.59 Å². The fourth-order valence-electron chi connectivity index (χ4n) is 5.76. The quantitative estimate of drug-likeness (QED) is 0.170. The first-order chi connectivity index (χ1) is 22.1. The second-order valence-corrected chi connectivity index (χ2v) is 12.0. The van der Waals surface area contributed by atoms with Crippen molar-refractivity contribution in [3.63, 3.8) is 0 Å². The average molecular weight is 615 g/mol. The molecule has 0 saturated carbocycles. The molecule has 10 heteroatoms. The number of hydrogen-bond acceptors (Lipinski definition) is 8. The molecule has 234 valence electrons. The molecule has 0 aliphatic rings. The third-order valence-electron chi connectivity index (χ3n) is 8.62. The van der Waals surface area contributed by atoms with Crippen LogP contribution in [-0.4, -0.2) is 56.9 Å². The number of carbonyl (C=O) groups excluding carboxylic acids is 2. The van der Waals surface area contributed by atoms with Crippen LogP contribution in [0.15, 0.2) is 60.7 Å². The number of amides is 2. The first-order valence-corrected chi connectivity index (χ1v) is 15.5. The molecule has 0 radical (unpaired) electrons. The Balaban J connectivity index is 1.04. The summed E-state index contributed by atoms with van der Waals surface area (Å²) in [6, 6.07) is 18.2. The number of nitrogens with zero attached hydrogens (tertiary/aromatic N) is 4. The van der Waals surface area contributed by atoms with Gasteiger partial charge in [0.2, 0.25) is 0 Å². The van der Waals surface area contributed by atoms with Crippen molar-refractivity contribution in [1.82, 2.24) is 30.6 Å². The van der Waals surface area contributed by atoms with Crippen molar-refractivity contribution in [2.75, 3.05) is 13.1 Å². The van der Waals surface area contributed by atoms with Crippen LogP contribution in [0.4, 0.5) is 0 Å². The van der Waals surface area contributed by atoms with Crippen molar-refractivity contribution in [1.29, 1.82) is 0 Å². The van der Waals surface area contributed by atoms with Crippen LogP contribution in [0, 0.1) is 27.7 Å². The molecule has 2 heterocycles. The van der Waals surface area contributed by atoms with Crippen LogP contribution in [0.5, 0.6) is 0 Å². The Bertz CT molecular complexity index is 1990. The van der Waals surface area contributed by atoms with Gasteiger partial charge in [-0.3, -0.25) is 9.59 Å². The molecule has 0 aliphatic heterocycles. The van der Waals surface area contributed by atoms with E-state index in [2.05, 4.69) is 10.6 Å². The highest BCUT2D eigenvalue weighted by Gasteiger charge is 2.18. The minimum Gasteiger partial charge on any atom is -0.352 e. The maximum absolute atomic E-state index is 13.2. The van der Waals surface area contributed by atoms with E-state index in [0.29, 0.717) is 59.1 Å². The SMILES string of the molecule is Cc1ccc(C)c2nc3c(C(=O)NCCC(N)C(N)CCNC(=O)c4cccc5nc6c(C)ccc(C)c6nc45)cccc3nc12. The summed E-state index contributed by atoms with van der Waals surface area (Å²) in [6.45, 7) is 8.67. The molecule has 0 fully saturated rings. The van der Waals surface area contributed by atoms with Gasteiger partial charge in [-0.15, -0.1) is 0 Å². The van der Waals surface area contributed by atoms with E-state index >= 15 is 0 Å². The summed E-state index contributed by atoms with van der Waals surface area (Å²) in [4.78, 5) is 45.6. The number of nitrogens with two attached hydrogens (primary N) is 2. The van der Waals surface area contributed by atoms with Crippen molar-refractivity contribution >= 4 is 55.9 Å². The topological polar surface area (TPSA) is 162 Å². The lowest BCUT2D eigenvalue weighted by atomic mass is 10.0. The van der Waals surface area contributed by atoms with Gasteiger partial charge in [-0.2, -0.15) is 0 Å². The van der Waals surface area contributed by atoms with Crippen molar-refractivity contribution in [2.45, 2.75) is 52.6 Å². The second kappa shape index (κ2) is 12.7. The van der Waals surface area contributed by atoms with E-state index in [1.165, 1.54) is 0 Å². The molecule has 2 unspecified atom stereocenters. The van der Waals surface area contributed by atoms with Gasteiger partial charge in [-0.25, -0.2) is 19.9 Å². The van der Waals surface area contributed by atoms with Crippen molar-refractivity contribution in [3.05, 3.63) is 94.0 Å². The summed E-state index contributed by atoms with van der Waals surface area (Å²) in [7, 11) is 0. The van der Waals surface area contributed by atoms with Crippen LogP contribution >= 0.6 is 0 Å². The molecule has 0 spiro atoms. The first-order valence-electron chi connectivity index (χ1n) is 15.5. The second-order valence-electron chi connectivity index (χ2n) is 12.0. The Morgan fingerprint density at radius 1 is 0.543 bits per heavy atom. The predicted molar refractivity (Wildman–Crippen MR) is 183 cm³/mol. The van der Waals surface area contributed by atoms with Crippen molar-refractivity contribution < 1.29 is 9.59 Å². The van der Waals surface area contributed by atoms with Gasteiger partial charge in [0.15, 0.2) is 0 Å². The summed E-state index contributed by atoms with van der Waals surface area (Å²) in [6.07, 6.45) is 0.951. The van der Waals surface area contributed by atoms with E-state index in [1.807, 2.05) is 76.2 Å². The molecule has 2 atom stereocenters. The number of hydrogen-bond donors (Lipinski definition) is 4. The first kappa shape index (κ1) is 30.9. The zero-order valence-electron chi connectivity index (χ0n) is 26.5. The van der Waals surface area contributed by atoms with Gasteiger partial charge in [0.25, 0.3) is 11.8 Å². The molecule has 46 heavy (non-hydrogen) atoms. The number of para-hydroxylation sites is 2. The van der Waals surface area contributed by atoms with Crippen molar-refractivity contribution in [3.8, 4) is 0 Å². The number of aryl methyl sites for hydroxylation is 4. The molecule has 6 aromatic rings. The molecule has 6 rings (SSSR count). The van der Waals surface area contributed by atoms with Gasteiger partial charge < -0.3 is 22.1 Å². The molecule has 2 amide bonds. The number of carbonyl (C=O) groups is 2. The third kappa shape index (κ3) is 5.96. The van der Waals surface area contributed by atoms with E-state index in [1.54, 1.807) is 12.1 Å². The Morgan fingerprint density at radius 3 is 1.26 bits per heavy atom. The maximum atomic E-state index is 13.2. The van der Waals surface area contributed by atoms with Crippen LogP contribution in [0.3, 0.4) is 0 Å². The van der Waals surface area contributed by atoms with Crippen LogP contribution in [0.2, 0.25) is 0 Å². The van der Waals surface area contributed by atoms with E-state index < -0.39 is 0 Å². The summed E-state index contributed by atoms with van der Waals surface area (Å²) in [5.41, 5.74) is 23.5. The molecule has 6 N–H and O–H groups in total. The van der Waals surface area contributed by atoms with E-state index in [-0.39, 0.29) is 23.9 Å². The van der Waals surface area contributed by atoms with E-state index in [0.717, 1.165) is 44.3 Å².